The van der Waals surface area contributed by atoms with Gasteiger partial charge in [-0.1, -0.05) is 50.2 Å². The van der Waals surface area contributed by atoms with Crippen LogP contribution in [0.15, 0.2) is 53.4 Å². The van der Waals surface area contributed by atoms with Crippen LogP contribution in [0.25, 0.3) is 0 Å². The van der Waals surface area contributed by atoms with Crippen molar-refractivity contribution < 1.29 is 17.6 Å². The highest BCUT2D eigenvalue weighted by molar-refractivity contribution is 7.89. The maximum atomic E-state index is 13.9. The molecule has 5 nitrogen and oxygen atoms in total. The van der Waals surface area contributed by atoms with Crippen LogP contribution in [0.5, 0.6) is 0 Å². The van der Waals surface area contributed by atoms with E-state index in [2.05, 4.69) is 4.72 Å². The third-order valence-electron chi connectivity index (χ3n) is 4.78. The molecule has 144 valence electrons. The Morgan fingerprint density at radius 2 is 1.70 bits per heavy atom. The minimum Gasteiger partial charge on any atom is -0.337 e. The molecule has 0 aromatic heterocycles. The minimum atomic E-state index is -4.15. The van der Waals surface area contributed by atoms with Crippen molar-refractivity contribution in [3.63, 3.8) is 0 Å². The molecule has 2 aromatic carbocycles. The molecule has 3 rings (SSSR count). The van der Waals surface area contributed by atoms with Gasteiger partial charge in [-0.3, -0.25) is 4.79 Å². The number of hydrogen-bond donors (Lipinski definition) is 1. The number of hydrogen-bond acceptors (Lipinski definition) is 3. The molecule has 1 aliphatic heterocycles. The molecule has 0 aliphatic carbocycles. The van der Waals surface area contributed by atoms with Crippen molar-refractivity contribution >= 4 is 15.9 Å². The van der Waals surface area contributed by atoms with Gasteiger partial charge in [-0.25, -0.2) is 12.8 Å². The van der Waals surface area contributed by atoms with Gasteiger partial charge in [-0.05, 0) is 35.6 Å². The fourth-order valence-corrected chi connectivity index (χ4v) is 4.66. The molecule has 7 heteroatoms. The molecule has 0 spiro atoms. The normalized spacial score (nSPS) is 15.5. The molecule has 1 heterocycles. The molecular weight excluding hydrogens is 367 g/mol. The molecule has 0 saturated carbocycles. The average Bonchev–Trinajstić information content (AvgIpc) is 2.65. The highest BCUT2D eigenvalue weighted by atomic mass is 32.2. The number of carbonyl (C=O) groups is 1. The maximum Gasteiger partial charge on any atom is 0.244 e. The third-order valence-corrected chi connectivity index (χ3v) is 6.26. The quantitative estimate of drug-likeness (QED) is 0.854. The van der Waals surface area contributed by atoms with Crippen molar-refractivity contribution in [2.24, 2.45) is 5.92 Å². The van der Waals surface area contributed by atoms with Gasteiger partial charge in [0.1, 0.15) is 16.8 Å². The lowest BCUT2D eigenvalue weighted by molar-refractivity contribution is -0.135. The molecule has 1 aliphatic rings. The van der Waals surface area contributed by atoms with E-state index in [-0.39, 0.29) is 11.8 Å². The minimum absolute atomic E-state index is 0.281. The Kier molecular flexibility index (Phi) is 5.62. The van der Waals surface area contributed by atoms with Crippen molar-refractivity contribution in [1.82, 2.24) is 9.62 Å². The number of amides is 1. The standard InChI is InChI=1S/C20H23FN2O3S/c1-14(2)19(22-27(25,26)18-10-6-5-9-17(18)21)20(24)23-12-11-15-7-3-4-8-16(15)13-23/h3-10,14,19,22H,11-13H2,1-2H3/t19-/m1/s1. The number of rotatable bonds is 5. The van der Waals surface area contributed by atoms with E-state index in [0.29, 0.717) is 13.1 Å². The molecule has 27 heavy (non-hydrogen) atoms. The molecule has 1 atom stereocenters. The molecule has 0 fully saturated rings. The predicted molar refractivity (Wildman–Crippen MR) is 101 cm³/mol. The van der Waals surface area contributed by atoms with Gasteiger partial charge in [-0.15, -0.1) is 0 Å². The molecule has 2 aromatic rings. The van der Waals surface area contributed by atoms with Gasteiger partial charge in [0.15, 0.2) is 0 Å². The summed E-state index contributed by atoms with van der Waals surface area (Å²) in [5, 5.41) is 0. The van der Waals surface area contributed by atoms with Crippen molar-refractivity contribution in [1.29, 1.82) is 0 Å². The Bertz CT molecular complexity index is 944. The zero-order chi connectivity index (χ0) is 19.6. The second kappa shape index (κ2) is 7.78. The lowest BCUT2D eigenvalue weighted by Crippen LogP contribution is -2.52. The number of nitrogens with one attached hydrogen (secondary N) is 1. The first-order valence-electron chi connectivity index (χ1n) is 8.92. The molecule has 0 bridgehead atoms. The zero-order valence-electron chi connectivity index (χ0n) is 15.4. The molecule has 0 saturated heterocycles. The van der Waals surface area contributed by atoms with Crippen LogP contribution in [-0.4, -0.2) is 31.8 Å². The fraction of sp³-hybridized carbons (Fsp3) is 0.350. The Labute approximate surface area is 159 Å². The van der Waals surface area contributed by atoms with Crippen molar-refractivity contribution in [3.05, 3.63) is 65.5 Å². The summed E-state index contributed by atoms with van der Waals surface area (Å²) in [6, 6.07) is 12.1. The molecular formula is C20H23FN2O3S. The average molecular weight is 390 g/mol. The fourth-order valence-electron chi connectivity index (χ4n) is 3.25. The number of nitrogens with zero attached hydrogens (tertiary/aromatic N) is 1. The van der Waals surface area contributed by atoms with Crippen molar-refractivity contribution in [3.8, 4) is 0 Å². The SMILES string of the molecule is CC(C)[C@@H](NS(=O)(=O)c1ccccc1F)C(=O)N1CCc2ccccc2C1. The summed E-state index contributed by atoms with van der Waals surface area (Å²) in [4.78, 5) is 14.3. The van der Waals surface area contributed by atoms with Gasteiger partial charge >= 0.3 is 0 Å². The Morgan fingerprint density at radius 3 is 2.37 bits per heavy atom. The predicted octanol–water partition coefficient (Wildman–Crippen LogP) is 2.71. The number of benzene rings is 2. The zero-order valence-corrected chi connectivity index (χ0v) is 16.2. The summed E-state index contributed by atoms with van der Waals surface area (Å²) < 4.78 is 41.6. The first-order valence-corrected chi connectivity index (χ1v) is 10.4. The first-order chi connectivity index (χ1) is 12.8. The van der Waals surface area contributed by atoms with Crippen LogP contribution in [0, 0.1) is 11.7 Å². The van der Waals surface area contributed by atoms with E-state index in [1.807, 2.05) is 24.3 Å². The molecule has 1 N–H and O–H groups in total. The number of fused-ring (bicyclic) bond motifs is 1. The maximum absolute atomic E-state index is 13.9. The molecule has 0 unspecified atom stereocenters. The van der Waals surface area contributed by atoms with Crippen molar-refractivity contribution in [2.75, 3.05) is 6.54 Å². The summed E-state index contributed by atoms with van der Waals surface area (Å²) in [6.45, 7) is 4.51. The monoisotopic (exact) mass is 390 g/mol. The summed E-state index contributed by atoms with van der Waals surface area (Å²) >= 11 is 0. The van der Waals surface area contributed by atoms with Crippen LogP contribution in [0.1, 0.15) is 25.0 Å². The lowest BCUT2D eigenvalue weighted by Gasteiger charge is -2.33. The van der Waals surface area contributed by atoms with E-state index in [1.54, 1.807) is 18.7 Å². The van der Waals surface area contributed by atoms with Crippen LogP contribution >= 0.6 is 0 Å². The number of sulfonamides is 1. The Hall–Kier alpha value is -2.25. The van der Waals surface area contributed by atoms with Gasteiger partial charge in [0.2, 0.25) is 15.9 Å². The van der Waals surface area contributed by atoms with Crippen LogP contribution in [0.3, 0.4) is 0 Å². The lowest BCUT2D eigenvalue weighted by atomic mass is 9.97. The van der Waals surface area contributed by atoms with E-state index < -0.39 is 26.8 Å². The molecule has 0 radical (unpaired) electrons. The van der Waals surface area contributed by atoms with Gasteiger partial charge in [-0.2, -0.15) is 4.72 Å². The first kappa shape index (κ1) is 19.5. The highest BCUT2D eigenvalue weighted by Crippen LogP contribution is 2.21. The third kappa shape index (κ3) is 4.20. The second-order valence-corrected chi connectivity index (χ2v) is 8.73. The summed E-state index contributed by atoms with van der Waals surface area (Å²) in [6.07, 6.45) is 0.729. The van der Waals surface area contributed by atoms with Gasteiger partial charge < -0.3 is 4.90 Å². The summed E-state index contributed by atoms with van der Waals surface area (Å²) in [5.74, 6) is -1.41. The van der Waals surface area contributed by atoms with E-state index >= 15 is 0 Å². The van der Waals surface area contributed by atoms with E-state index in [1.165, 1.54) is 23.8 Å². The Balaban J connectivity index is 1.82. The van der Waals surface area contributed by atoms with Gasteiger partial charge in [0.25, 0.3) is 0 Å². The van der Waals surface area contributed by atoms with E-state index in [0.717, 1.165) is 18.1 Å². The number of carbonyl (C=O) groups excluding carboxylic acids is 1. The second-order valence-electron chi connectivity index (χ2n) is 7.05. The summed E-state index contributed by atoms with van der Waals surface area (Å²) in [7, 11) is -4.15. The Morgan fingerprint density at radius 1 is 1.07 bits per heavy atom. The van der Waals surface area contributed by atoms with Crippen LogP contribution in [-0.2, 0) is 27.8 Å². The highest BCUT2D eigenvalue weighted by Gasteiger charge is 2.33. The van der Waals surface area contributed by atoms with Gasteiger partial charge in [0.05, 0.1) is 0 Å². The summed E-state index contributed by atoms with van der Waals surface area (Å²) in [5.41, 5.74) is 2.27. The van der Waals surface area contributed by atoms with E-state index in [9.17, 15) is 17.6 Å². The largest absolute Gasteiger partial charge is 0.337 e. The van der Waals surface area contributed by atoms with Crippen LogP contribution in [0.4, 0.5) is 4.39 Å². The van der Waals surface area contributed by atoms with Crippen LogP contribution in [0.2, 0.25) is 0 Å². The molecule has 1 amide bonds. The van der Waals surface area contributed by atoms with E-state index in [4.69, 9.17) is 0 Å². The number of halogens is 1. The van der Waals surface area contributed by atoms with Gasteiger partial charge in [0, 0.05) is 13.1 Å². The smallest absolute Gasteiger partial charge is 0.244 e. The topological polar surface area (TPSA) is 66.5 Å². The van der Waals surface area contributed by atoms with Crippen LogP contribution < -0.4 is 4.72 Å². The van der Waals surface area contributed by atoms with Crippen molar-refractivity contribution in [2.45, 2.75) is 37.8 Å².